The molecule has 0 radical (unpaired) electrons. The fourth-order valence-corrected chi connectivity index (χ4v) is 4.43. The van der Waals surface area contributed by atoms with Crippen LogP contribution in [0.15, 0.2) is 4.79 Å². The molecule has 0 atom stereocenters. The van der Waals surface area contributed by atoms with Crippen molar-refractivity contribution in [3.05, 3.63) is 27.6 Å². The predicted molar refractivity (Wildman–Crippen MR) is 87.7 cm³/mol. The molecule has 3 aliphatic carbocycles. The molecule has 0 saturated heterocycles. The average Bonchev–Trinajstić information content (AvgIpc) is 3.39. The normalized spacial score (nSPS) is 23.2. The van der Waals surface area contributed by atoms with Crippen LogP contribution in [0.2, 0.25) is 0 Å². The van der Waals surface area contributed by atoms with Crippen LogP contribution in [0.25, 0.3) is 5.65 Å². The molecule has 3 aliphatic rings. The highest BCUT2D eigenvalue weighted by Gasteiger charge is 2.58. The zero-order valence-corrected chi connectivity index (χ0v) is 14.0. The largest absolute Gasteiger partial charge is 0.308 e. The lowest BCUT2D eigenvalue weighted by atomic mass is 9.85. The topological polar surface area (TPSA) is 52.2 Å². The molecule has 2 aromatic rings. The van der Waals surface area contributed by atoms with Crippen LogP contribution < -0.4 is 5.56 Å². The van der Waals surface area contributed by atoms with Crippen molar-refractivity contribution >= 4 is 5.65 Å². The molecule has 5 rings (SSSR count). The van der Waals surface area contributed by atoms with E-state index in [-0.39, 0.29) is 11.0 Å². The number of hydrogen-bond acceptors (Lipinski definition) is 3. The molecular formula is C18H24N4O. The quantitative estimate of drug-likeness (QED) is 0.872. The van der Waals surface area contributed by atoms with Crippen molar-refractivity contribution in [2.75, 3.05) is 0 Å². The molecule has 23 heavy (non-hydrogen) atoms. The van der Waals surface area contributed by atoms with Crippen LogP contribution in [-0.2, 0) is 12.0 Å². The van der Waals surface area contributed by atoms with E-state index in [1.165, 1.54) is 44.9 Å². The van der Waals surface area contributed by atoms with Gasteiger partial charge in [-0.2, -0.15) is 0 Å². The van der Waals surface area contributed by atoms with Gasteiger partial charge in [-0.3, -0.25) is 9.20 Å². The van der Waals surface area contributed by atoms with E-state index < -0.39 is 0 Å². The zero-order chi connectivity index (χ0) is 15.8. The summed E-state index contributed by atoms with van der Waals surface area (Å²) in [5.74, 6) is 2.49. The smallest absolute Gasteiger partial charge is 0.296 e. The summed E-state index contributed by atoms with van der Waals surface area (Å²) < 4.78 is 4.03. The van der Waals surface area contributed by atoms with Crippen molar-refractivity contribution in [3.63, 3.8) is 0 Å². The second-order valence-corrected chi connectivity index (χ2v) is 8.00. The van der Waals surface area contributed by atoms with Crippen LogP contribution >= 0.6 is 0 Å². The van der Waals surface area contributed by atoms with Gasteiger partial charge in [-0.05, 0) is 64.2 Å². The first-order valence-electron chi connectivity index (χ1n) is 9.07. The van der Waals surface area contributed by atoms with Gasteiger partial charge in [0.05, 0.1) is 0 Å². The highest BCUT2D eigenvalue weighted by atomic mass is 16.1. The molecule has 5 nitrogen and oxygen atoms in total. The Morgan fingerprint density at radius 2 is 1.83 bits per heavy atom. The van der Waals surface area contributed by atoms with Crippen LogP contribution in [-0.4, -0.2) is 19.2 Å². The maximum absolute atomic E-state index is 13.0. The molecule has 5 heteroatoms. The zero-order valence-electron chi connectivity index (χ0n) is 14.0. The Kier molecular flexibility index (Phi) is 2.67. The van der Waals surface area contributed by atoms with Crippen molar-refractivity contribution in [2.45, 2.75) is 70.8 Å². The lowest BCUT2D eigenvalue weighted by molar-refractivity contribution is 0.271. The summed E-state index contributed by atoms with van der Waals surface area (Å²) in [6.45, 7) is 5.04. The molecule has 3 saturated carbocycles. The summed E-state index contributed by atoms with van der Waals surface area (Å²) in [4.78, 5) is 13.0. The third-order valence-electron chi connectivity index (χ3n) is 6.62. The Morgan fingerprint density at radius 1 is 1.09 bits per heavy atom. The average molecular weight is 312 g/mol. The Bertz CT molecular complexity index is 850. The van der Waals surface area contributed by atoms with Gasteiger partial charge >= 0.3 is 0 Å². The summed E-state index contributed by atoms with van der Waals surface area (Å²) in [7, 11) is 0. The molecule has 0 unspecified atom stereocenters. The number of aromatic nitrogens is 4. The Hall–Kier alpha value is -1.65. The van der Waals surface area contributed by atoms with Crippen LogP contribution in [0.3, 0.4) is 0 Å². The van der Waals surface area contributed by atoms with E-state index in [4.69, 9.17) is 0 Å². The molecule has 0 amide bonds. The number of nitrogens with zero attached hydrogens (tertiary/aromatic N) is 4. The Balaban J connectivity index is 1.68. The highest BCUT2D eigenvalue weighted by Crippen LogP contribution is 2.61. The minimum atomic E-state index is 0.0466. The van der Waals surface area contributed by atoms with Gasteiger partial charge in [-0.1, -0.05) is 6.42 Å². The third-order valence-corrected chi connectivity index (χ3v) is 6.62. The fraction of sp³-hybridized carbons (Fsp3) is 0.722. The van der Waals surface area contributed by atoms with Crippen molar-refractivity contribution < 1.29 is 0 Å². The molecule has 3 fully saturated rings. The Labute approximate surface area is 135 Å². The van der Waals surface area contributed by atoms with Gasteiger partial charge in [0.2, 0.25) is 5.65 Å². The molecular weight excluding hydrogens is 288 g/mol. The fourth-order valence-electron chi connectivity index (χ4n) is 4.43. The van der Waals surface area contributed by atoms with E-state index in [9.17, 15) is 4.79 Å². The summed E-state index contributed by atoms with van der Waals surface area (Å²) in [5.41, 5.74) is 3.04. The summed E-state index contributed by atoms with van der Waals surface area (Å²) in [5, 5.41) is 8.84. The molecule has 2 aromatic heterocycles. The standard InChI is InChI=1S/C18H24N4O/c1-11-12(2)22-15(16(23)21(11)10-13-4-3-5-13)19-20-17(22)18(8-9-18)14-6-7-14/h13-14H,3-10H2,1-2H3. The van der Waals surface area contributed by atoms with Gasteiger partial charge in [0.15, 0.2) is 0 Å². The van der Waals surface area contributed by atoms with Crippen LogP contribution in [0, 0.1) is 25.7 Å². The predicted octanol–water partition coefficient (Wildman–Crippen LogP) is 2.75. The van der Waals surface area contributed by atoms with E-state index in [2.05, 4.69) is 28.4 Å². The van der Waals surface area contributed by atoms with Crippen LogP contribution in [0.1, 0.15) is 62.2 Å². The monoisotopic (exact) mass is 312 g/mol. The summed E-state index contributed by atoms with van der Waals surface area (Å²) in [6.07, 6.45) is 8.85. The minimum Gasteiger partial charge on any atom is -0.308 e. The minimum absolute atomic E-state index is 0.0466. The lowest BCUT2D eigenvalue weighted by Crippen LogP contribution is -2.31. The van der Waals surface area contributed by atoms with Crippen molar-refractivity contribution in [1.29, 1.82) is 0 Å². The molecule has 0 spiro atoms. The third kappa shape index (κ3) is 1.82. The van der Waals surface area contributed by atoms with E-state index in [0.717, 1.165) is 29.7 Å². The van der Waals surface area contributed by atoms with Crippen LogP contribution in [0.5, 0.6) is 0 Å². The van der Waals surface area contributed by atoms with Crippen LogP contribution in [0.4, 0.5) is 0 Å². The maximum atomic E-state index is 13.0. The molecule has 0 aromatic carbocycles. The maximum Gasteiger partial charge on any atom is 0.296 e. The molecule has 0 bridgehead atoms. The summed E-state index contributed by atoms with van der Waals surface area (Å²) >= 11 is 0. The van der Waals surface area contributed by atoms with Gasteiger partial charge < -0.3 is 4.57 Å². The van der Waals surface area contributed by atoms with Gasteiger partial charge in [-0.15, -0.1) is 10.2 Å². The SMILES string of the molecule is Cc1c(C)n2c(C3(C4CC4)CC3)nnc2c(=O)n1CC1CCC1. The first kappa shape index (κ1) is 13.8. The van der Waals surface area contributed by atoms with Crippen molar-refractivity contribution in [1.82, 2.24) is 19.2 Å². The number of aryl methyl sites for hydroxylation is 1. The first-order valence-corrected chi connectivity index (χ1v) is 9.07. The molecule has 0 aliphatic heterocycles. The Morgan fingerprint density at radius 3 is 2.39 bits per heavy atom. The first-order chi connectivity index (χ1) is 11.1. The van der Waals surface area contributed by atoms with E-state index in [1.54, 1.807) is 0 Å². The number of rotatable bonds is 4. The van der Waals surface area contributed by atoms with E-state index >= 15 is 0 Å². The van der Waals surface area contributed by atoms with Gasteiger partial charge in [0.1, 0.15) is 5.82 Å². The number of fused-ring (bicyclic) bond motifs is 1. The van der Waals surface area contributed by atoms with E-state index in [1.807, 2.05) is 4.57 Å². The second kappa shape index (κ2) is 4.46. The van der Waals surface area contributed by atoms with Gasteiger partial charge in [-0.25, -0.2) is 0 Å². The molecule has 122 valence electrons. The second-order valence-electron chi connectivity index (χ2n) is 8.00. The summed E-state index contributed by atoms with van der Waals surface area (Å²) in [6, 6.07) is 0. The highest BCUT2D eigenvalue weighted by molar-refractivity contribution is 5.42. The van der Waals surface area contributed by atoms with Crippen molar-refractivity contribution in [2.24, 2.45) is 11.8 Å². The van der Waals surface area contributed by atoms with Gasteiger partial charge in [0.25, 0.3) is 5.56 Å². The molecule has 0 N–H and O–H groups in total. The van der Waals surface area contributed by atoms with E-state index in [0.29, 0.717) is 11.6 Å². The van der Waals surface area contributed by atoms with Gasteiger partial charge in [0, 0.05) is 23.3 Å². The molecule has 2 heterocycles. The number of hydrogen-bond donors (Lipinski definition) is 0. The van der Waals surface area contributed by atoms with Crippen molar-refractivity contribution in [3.8, 4) is 0 Å². The lowest BCUT2D eigenvalue weighted by Gasteiger charge is -2.27.